The van der Waals surface area contributed by atoms with E-state index in [1.165, 1.54) is 23.5 Å². The Hall–Kier alpha value is -3.13. The summed E-state index contributed by atoms with van der Waals surface area (Å²) in [4.78, 5) is 15.6. The summed E-state index contributed by atoms with van der Waals surface area (Å²) < 4.78 is 44.5. The van der Waals surface area contributed by atoms with Crippen molar-refractivity contribution < 1.29 is 27.8 Å². The Morgan fingerprint density at radius 2 is 1.93 bits per heavy atom. The van der Waals surface area contributed by atoms with Gasteiger partial charge in [-0.05, 0) is 42.8 Å². The van der Waals surface area contributed by atoms with E-state index in [1.807, 2.05) is 0 Å². The molecule has 2 aromatic carbocycles. The molecule has 4 nitrogen and oxygen atoms in total. The van der Waals surface area contributed by atoms with Crippen LogP contribution in [0.3, 0.4) is 0 Å². The van der Waals surface area contributed by atoms with Crippen LogP contribution in [0.4, 0.5) is 13.2 Å². The minimum absolute atomic E-state index is 0.219. The Balaban J connectivity index is 1.71. The number of benzene rings is 2. The lowest BCUT2D eigenvalue weighted by molar-refractivity contribution is -0.297. The molecule has 0 unspecified atom stereocenters. The van der Waals surface area contributed by atoms with Crippen molar-refractivity contribution in [2.24, 2.45) is 0 Å². The third-order valence-corrected chi connectivity index (χ3v) is 5.17. The minimum Gasteiger partial charge on any atom is -0.545 e. The number of nitrogens with zero attached hydrogens (tertiary/aromatic N) is 1. The van der Waals surface area contributed by atoms with Gasteiger partial charge in [0.05, 0.1) is 22.1 Å². The summed E-state index contributed by atoms with van der Waals surface area (Å²) in [5, 5.41) is 10.9. The van der Waals surface area contributed by atoms with E-state index in [0.717, 1.165) is 23.1 Å². The van der Waals surface area contributed by atoms with Crippen LogP contribution in [0.25, 0.3) is 16.6 Å². The van der Waals surface area contributed by atoms with Crippen molar-refractivity contribution in [2.45, 2.75) is 19.7 Å². The van der Waals surface area contributed by atoms with E-state index >= 15 is 0 Å². The number of carbonyl (C=O) groups excluding carboxylic acids is 1. The predicted molar refractivity (Wildman–Crippen MR) is 102 cm³/mol. The fourth-order valence-electron chi connectivity index (χ4n) is 2.50. The summed E-state index contributed by atoms with van der Waals surface area (Å²) in [5.41, 5.74) is 1.06. The first kappa shape index (κ1) is 20.6. The molecule has 0 amide bonds. The Morgan fingerprint density at radius 3 is 2.59 bits per heavy atom. The lowest BCUT2D eigenvalue weighted by atomic mass is 10.1. The number of aryl methyl sites for hydroxylation is 1. The van der Waals surface area contributed by atoms with Crippen molar-refractivity contribution in [3.63, 3.8) is 0 Å². The molecule has 0 atom stereocenters. The predicted octanol–water partition coefficient (Wildman–Crippen LogP) is 4.48. The molecule has 1 aromatic heterocycles. The highest BCUT2D eigenvalue weighted by atomic mass is 32.1. The summed E-state index contributed by atoms with van der Waals surface area (Å²) >= 11 is 1.28. The normalized spacial score (nSPS) is 11.7. The molecule has 0 radical (unpaired) electrons. The molecule has 1 heterocycles. The average Bonchev–Trinajstić information content (AvgIpc) is 3.06. The number of carboxylic acid groups (broad SMARTS) is 1. The fraction of sp³-hybridized carbons (Fsp3) is 0.143. The number of carboxylic acids is 1. The third-order valence-electron chi connectivity index (χ3n) is 3.99. The molecule has 0 aliphatic heterocycles. The summed E-state index contributed by atoms with van der Waals surface area (Å²) in [6, 6.07) is 11.9. The topological polar surface area (TPSA) is 62.2 Å². The van der Waals surface area contributed by atoms with Gasteiger partial charge >= 0.3 is 6.18 Å². The van der Waals surface area contributed by atoms with E-state index in [4.69, 9.17) is 4.74 Å². The molecule has 0 aliphatic rings. The second-order valence-corrected chi connectivity index (χ2v) is 7.20. The molecule has 0 saturated carbocycles. The summed E-state index contributed by atoms with van der Waals surface area (Å²) in [6.45, 7) is 2.00. The number of rotatable bonds is 6. The Bertz CT molecular complexity index is 1040. The van der Waals surface area contributed by atoms with Crippen molar-refractivity contribution in [1.29, 1.82) is 0 Å². The van der Waals surface area contributed by atoms with Gasteiger partial charge in [-0.15, -0.1) is 11.3 Å². The number of thiazole rings is 1. The number of ether oxygens (including phenoxy) is 1. The maximum atomic E-state index is 12.9. The van der Waals surface area contributed by atoms with Crippen molar-refractivity contribution in [2.75, 3.05) is 0 Å². The number of carbonyl (C=O) groups is 1. The minimum atomic E-state index is -4.41. The first-order valence-electron chi connectivity index (χ1n) is 8.48. The number of alkyl halides is 3. The van der Waals surface area contributed by atoms with Gasteiger partial charge in [0.1, 0.15) is 17.4 Å². The molecular weight excluding hydrogens is 403 g/mol. The van der Waals surface area contributed by atoms with Crippen molar-refractivity contribution in [1.82, 2.24) is 4.98 Å². The average molecular weight is 418 g/mol. The number of hydrogen-bond donors (Lipinski definition) is 0. The zero-order valence-corrected chi connectivity index (χ0v) is 16.0. The molecule has 0 fully saturated rings. The van der Waals surface area contributed by atoms with Crippen LogP contribution in [0.2, 0.25) is 0 Å². The van der Waals surface area contributed by atoms with Gasteiger partial charge in [0.25, 0.3) is 0 Å². The second kappa shape index (κ2) is 8.48. The lowest BCUT2D eigenvalue weighted by Gasteiger charge is -2.07. The quantitative estimate of drug-likeness (QED) is 0.554. The van der Waals surface area contributed by atoms with Gasteiger partial charge in [0, 0.05) is 5.56 Å². The highest BCUT2D eigenvalue weighted by Crippen LogP contribution is 2.34. The van der Waals surface area contributed by atoms with Crippen molar-refractivity contribution in [3.05, 3.63) is 76.3 Å². The van der Waals surface area contributed by atoms with E-state index in [2.05, 4.69) is 4.98 Å². The highest BCUT2D eigenvalue weighted by Gasteiger charge is 2.30. The molecule has 29 heavy (non-hydrogen) atoms. The van der Waals surface area contributed by atoms with E-state index in [-0.39, 0.29) is 6.61 Å². The molecule has 150 valence electrons. The SMILES string of the molecule is Cc1nc(-c2cccc(C(F)(F)F)c2)sc1COc1ccc(/C=C/C(=O)[O-])cc1. The first-order valence-corrected chi connectivity index (χ1v) is 9.30. The maximum Gasteiger partial charge on any atom is 0.416 e. The zero-order chi connectivity index (χ0) is 21.0. The summed E-state index contributed by atoms with van der Waals surface area (Å²) in [7, 11) is 0. The molecule has 3 aromatic rings. The maximum absolute atomic E-state index is 12.9. The van der Waals surface area contributed by atoms with Gasteiger partial charge in [0.2, 0.25) is 0 Å². The van der Waals surface area contributed by atoms with Gasteiger partial charge < -0.3 is 14.6 Å². The van der Waals surface area contributed by atoms with Gasteiger partial charge in [0.15, 0.2) is 0 Å². The van der Waals surface area contributed by atoms with Gasteiger partial charge in [-0.25, -0.2) is 4.98 Å². The van der Waals surface area contributed by atoms with Crippen LogP contribution in [-0.4, -0.2) is 11.0 Å². The van der Waals surface area contributed by atoms with E-state index in [0.29, 0.717) is 27.6 Å². The molecule has 0 aliphatic carbocycles. The Morgan fingerprint density at radius 1 is 1.21 bits per heavy atom. The van der Waals surface area contributed by atoms with Crippen LogP contribution < -0.4 is 9.84 Å². The Labute approximate surface area is 168 Å². The molecule has 3 rings (SSSR count). The number of halogens is 3. The lowest BCUT2D eigenvalue weighted by Crippen LogP contribution is -2.18. The molecule has 0 N–H and O–H groups in total. The van der Waals surface area contributed by atoms with Crippen molar-refractivity contribution in [3.8, 4) is 16.3 Å². The van der Waals surface area contributed by atoms with Crippen molar-refractivity contribution >= 4 is 23.4 Å². The highest BCUT2D eigenvalue weighted by molar-refractivity contribution is 7.15. The molecule has 0 bridgehead atoms. The zero-order valence-electron chi connectivity index (χ0n) is 15.2. The standard InChI is InChI=1S/C21H16F3NO3S/c1-13-18(12-28-17-8-5-14(6-9-17)7-10-19(26)27)29-20(25-13)15-3-2-4-16(11-15)21(22,23)24/h2-11H,12H2,1H3,(H,26,27)/p-1/b10-7+. The van der Waals surface area contributed by atoms with Gasteiger partial charge in [-0.2, -0.15) is 13.2 Å². The largest absolute Gasteiger partial charge is 0.545 e. The van der Waals surface area contributed by atoms with Crippen LogP contribution >= 0.6 is 11.3 Å². The second-order valence-electron chi connectivity index (χ2n) is 6.12. The van der Waals surface area contributed by atoms with Crippen LogP contribution in [0.15, 0.2) is 54.6 Å². The monoisotopic (exact) mass is 418 g/mol. The summed E-state index contributed by atoms with van der Waals surface area (Å²) in [5.74, 6) is -0.702. The number of aromatic nitrogens is 1. The number of hydrogen-bond acceptors (Lipinski definition) is 5. The van der Waals surface area contributed by atoms with Crippen LogP contribution in [0, 0.1) is 6.92 Å². The molecule has 0 saturated heterocycles. The van der Waals surface area contributed by atoms with E-state index in [9.17, 15) is 23.1 Å². The van der Waals surface area contributed by atoms with Crippen LogP contribution in [0.5, 0.6) is 5.75 Å². The van der Waals surface area contributed by atoms with Gasteiger partial charge in [-0.3, -0.25) is 0 Å². The summed E-state index contributed by atoms with van der Waals surface area (Å²) in [6.07, 6.45) is -2.06. The molecule has 8 heteroatoms. The van der Waals surface area contributed by atoms with Gasteiger partial charge in [-0.1, -0.05) is 30.3 Å². The van der Waals surface area contributed by atoms with Crippen LogP contribution in [-0.2, 0) is 17.6 Å². The Kier molecular flexibility index (Phi) is 6.03. The third kappa shape index (κ3) is 5.45. The number of aliphatic carboxylic acids is 1. The fourth-order valence-corrected chi connectivity index (χ4v) is 3.47. The molecule has 0 spiro atoms. The van der Waals surface area contributed by atoms with Crippen LogP contribution in [0.1, 0.15) is 21.7 Å². The van der Waals surface area contributed by atoms with E-state index in [1.54, 1.807) is 37.3 Å². The first-order chi connectivity index (χ1) is 13.7. The van der Waals surface area contributed by atoms with E-state index < -0.39 is 17.7 Å². The smallest absolute Gasteiger partial charge is 0.416 e. The molecular formula is C21H15F3NO3S-.